The Labute approximate surface area is 231 Å². The number of urea groups is 1. The number of aromatic nitrogens is 1. The van der Waals surface area contributed by atoms with Crippen molar-refractivity contribution in [3.05, 3.63) is 78.2 Å². The van der Waals surface area contributed by atoms with E-state index in [4.69, 9.17) is 18.9 Å². The molecular weight excluding hydrogens is 513 g/mol. The largest absolute Gasteiger partial charge is 0.486 e. The quantitative estimate of drug-likeness (QED) is 0.257. The number of amides is 2. The van der Waals surface area contributed by atoms with E-state index in [1.807, 2.05) is 13.0 Å². The van der Waals surface area contributed by atoms with E-state index in [9.17, 15) is 9.18 Å². The van der Waals surface area contributed by atoms with Crippen molar-refractivity contribution in [1.82, 2.24) is 10.3 Å². The molecule has 2 heterocycles. The molecule has 1 aliphatic heterocycles. The van der Waals surface area contributed by atoms with Crippen LogP contribution in [0.25, 0.3) is 10.9 Å². The van der Waals surface area contributed by atoms with Gasteiger partial charge in [0.25, 0.3) is 0 Å². The molecule has 1 atom stereocenters. The average molecular weight is 544 g/mol. The summed E-state index contributed by atoms with van der Waals surface area (Å²) >= 11 is 0. The van der Waals surface area contributed by atoms with Crippen LogP contribution in [0.3, 0.4) is 0 Å². The predicted octanol–water partition coefficient (Wildman–Crippen LogP) is 7.14. The lowest BCUT2D eigenvalue weighted by molar-refractivity contribution is 0.151. The van der Waals surface area contributed by atoms with Gasteiger partial charge in [-0.05, 0) is 80.6 Å². The summed E-state index contributed by atoms with van der Waals surface area (Å²) < 4.78 is 37.8. The maximum Gasteiger partial charge on any atom is 0.319 e. The molecule has 1 fully saturated rings. The van der Waals surface area contributed by atoms with Crippen molar-refractivity contribution in [1.29, 1.82) is 0 Å². The summed E-state index contributed by atoms with van der Waals surface area (Å²) in [5.41, 5.74) is 2.09. The smallest absolute Gasteiger partial charge is 0.319 e. The molecule has 0 unspecified atom stereocenters. The fourth-order valence-electron chi connectivity index (χ4n) is 5.06. The first-order valence-corrected chi connectivity index (χ1v) is 13.5. The van der Waals surface area contributed by atoms with Crippen molar-refractivity contribution in [2.45, 2.75) is 44.8 Å². The summed E-state index contributed by atoms with van der Waals surface area (Å²) in [4.78, 5) is 17.0. The number of nitrogens with zero attached hydrogens (tertiary/aromatic N) is 1. The monoisotopic (exact) mass is 543 g/mol. The first-order valence-electron chi connectivity index (χ1n) is 13.5. The van der Waals surface area contributed by atoms with E-state index in [1.165, 1.54) is 25.0 Å². The Bertz CT molecular complexity index is 1500. The minimum atomic E-state index is -0.370. The van der Waals surface area contributed by atoms with Gasteiger partial charge in [0.05, 0.1) is 23.0 Å². The highest BCUT2D eigenvalue weighted by Crippen LogP contribution is 2.49. The van der Waals surface area contributed by atoms with Crippen molar-refractivity contribution in [3.8, 4) is 28.7 Å². The lowest BCUT2D eigenvalue weighted by Gasteiger charge is -2.25. The number of hydrogen-bond acceptors (Lipinski definition) is 6. The molecule has 9 heteroatoms. The number of nitrogens with one attached hydrogen (secondary N) is 2. The van der Waals surface area contributed by atoms with Gasteiger partial charge in [0.2, 0.25) is 5.75 Å². The number of hydrogen-bond donors (Lipinski definition) is 2. The SMILES string of the molecule is C[C@@H](NC(=O)Nc1ccc(Oc2ccnc3cc(OC4CCCC4)c4c(c23)OCCO4)cc1)c1ccc(F)cc1. The molecule has 2 N–H and O–H groups in total. The Hall–Kier alpha value is -4.53. The van der Waals surface area contributed by atoms with Gasteiger partial charge in [0, 0.05) is 18.0 Å². The molecular formula is C31H30FN3O5. The van der Waals surface area contributed by atoms with Crippen LogP contribution >= 0.6 is 0 Å². The van der Waals surface area contributed by atoms with Gasteiger partial charge in [0.15, 0.2) is 11.5 Å². The van der Waals surface area contributed by atoms with Gasteiger partial charge in [-0.15, -0.1) is 0 Å². The zero-order chi connectivity index (χ0) is 27.5. The number of fused-ring (bicyclic) bond motifs is 3. The van der Waals surface area contributed by atoms with E-state index in [1.54, 1.807) is 48.7 Å². The highest BCUT2D eigenvalue weighted by molar-refractivity contribution is 5.95. The summed E-state index contributed by atoms with van der Waals surface area (Å²) in [5, 5.41) is 6.37. The number of carbonyl (C=O) groups excluding carboxylic acids is 1. The summed E-state index contributed by atoms with van der Waals surface area (Å²) in [6.45, 7) is 2.70. The van der Waals surface area contributed by atoms with E-state index < -0.39 is 0 Å². The molecule has 3 aromatic carbocycles. The number of rotatable bonds is 7. The molecule has 0 radical (unpaired) electrons. The summed E-state index contributed by atoms with van der Waals surface area (Å²) in [7, 11) is 0. The van der Waals surface area contributed by atoms with Gasteiger partial charge in [-0.3, -0.25) is 4.98 Å². The van der Waals surface area contributed by atoms with Crippen LogP contribution < -0.4 is 29.6 Å². The maximum absolute atomic E-state index is 13.2. The van der Waals surface area contributed by atoms with Crippen molar-refractivity contribution >= 4 is 22.6 Å². The first kappa shape index (κ1) is 25.7. The molecule has 6 rings (SSSR count). The Morgan fingerprint density at radius 1 is 0.975 bits per heavy atom. The van der Waals surface area contributed by atoms with Crippen molar-refractivity contribution in [3.63, 3.8) is 0 Å². The molecule has 1 aromatic heterocycles. The van der Waals surface area contributed by atoms with Gasteiger partial charge in [-0.25, -0.2) is 9.18 Å². The van der Waals surface area contributed by atoms with E-state index in [0.29, 0.717) is 58.6 Å². The minimum Gasteiger partial charge on any atom is -0.486 e. The maximum atomic E-state index is 13.2. The number of pyridine rings is 1. The second-order valence-corrected chi connectivity index (χ2v) is 9.96. The highest BCUT2D eigenvalue weighted by Gasteiger charge is 2.27. The molecule has 0 saturated heterocycles. The Morgan fingerprint density at radius 3 is 2.45 bits per heavy atom. The van der Waals surface area contributed by atoms with Crippen LogP contribution in [-0.4, -0.2) is 30.3 Å². The highest BCUT2D eigenvalue weighted by atomic mass is 19.1. The molecule has 2 amide bonds. The number of halogens is 1. The third-order valence-electron chi connectivity index (χ3n) is 7.10. The number of carbonyl (C=O) groups is 1. The molecule has 1 aliphatic carbocycles. The molecule has 4 aromatic rings. The third kappa shape index (κ3) is 5.59. The summed E-state index contributed by atoms with van der Waals surface area (Å²) in [6, 6.07) is 16.1. The Kier molecular flexibility index (Phi) is 7.27. The normalized spacial score (nSPS) is 15.4. The predicted molar refractivity (Wildman–Crippen MR) is 149 cm³/mol. The molecule has 40 heavy (non-hydrogen) atoms. The molecule has 2 aliphatic rings. The van der Waals surface area contributed by atoms with Gasteiger partial charge in [0.1, 0.15) is 30.5 Å². The van der Waals surface area contributed by atoms with Gasteiger partial charge in [-0.2, -0.15) is 0 Å². The number of ether oxygens (including phenoxy) is 4. The van der Waals surface area contributed by atoms with Crippen molar-refractivity contribution in [2.24, 2.45) is 0 Å². The molecule has 206 valence electrons. The fraction of sp³-hybridized carbons (Fsp3) is 0.290. The minimum absolute atomic E-state index is 0.173. The third-order valence-corrected chi connectivity index (χ3v) is 7.10. The van der Waals surface area contributed by atoms with Crippen LogP contribution in [0.2, 0.25) is 0 Å². The van der Waals surface area contributed by atoms with Crippen LogP contribution in [0.5, 0.6) is 28.7 Å². The van der Waals surface area contributed by atoms with Crippen LogP contribution in [0, 0.1) is 5.82 Å². The first-order chi connectivity index (χ1) is 19.5. The second kappa shape index (κ2) is 11.3. The fourth-order valence-corrected chi connectivity index (χ4v) is 5.06. The van der Waals surface area contributed by atoms with Gasteiger partial charge < -0.3 is 29.6 Å². The molecule has 1 saturated carbocycles. The zero-order valence-electron chi connectivity index (χ0n) is 22.1. The molecule has 0 bridgehead atoms. The summed E-state index contributed by atoms with van der Waals surface area (Å²) in [5.74, 6) is 2.65. The molecule has 8 nitrogen and oxygen atoms in total. The topological polar surface area (TPSA) is 90.9 Å². The molecule has 0 spiro atoms. The van der Waals surface area contributed by atoms with E-state index in [0.717, 1.165) is 18.4 Å². The van der Waals surface area contributed by atoms with Crippen molar-refractivity contribution < 1.29 is 28.1 Å². The number of anilines is 1. The van der Waals surface area contributed by atoms with Gasteiger partial charge >= 0.3 is 6.03 Å². The Morgan fingerprint density at radius 2 is 1.70 bits per heavy atom. The lowest BCUT2D eigenvalue weighted by atomic mass is 10.1. The average Bonchev–Trinajstić information content (AvgIpc) is 3.48. The summed E-state index contributed by atoms with van der Waals surface area (Å²) in [6.07, 6.45) is 6.26. The standard InChI is InChI=1S/C31H30FN3O5/c1-19(20-6-8-21(32)9-7-20)34-31(36)35-22-10-12-24(13-11-22)39-26-14-15-33-25-18-27(40-23-4-2-3-5-23)29-30(28(25)26)38-17-16-37-29/h6-15,18-19,23H,2-5,16-17H2,1H3,(H2,34,35,36)/t19-/m1/s1. The van der Waals surface area contributed by atoms with Gasteiger partial charge in [-0.1, -0.05) is 12.1 Å². The zero-order valence-corrected chi connectivity index (χ0v) is 22.1. The van der Waals surface area contributed by atoms with Crippen LogP contribution in [-0.2, 0) is 0 Å². The Balaban J connectivity index is 1.17. The lowest BCUT2D eigenvalue weighted by Crippen LogP contribution is -2.31. The van der Waals surface area contributed by atoms with Crippen molar-refractivity contribution in [2.75, 3.05) is 18.5 Å². The number of benzene rings is 3. The van der Waals surface area contributed by atoms with E-state index in [2.05, 4.69) is 15.6 Å². The van der Waals surface area contributed by atoms with Crippen LogP contribution in [0.4, 0.5) is 14.9 Å². The van der Waals surface area contributed by atoms with E-state index in [-0.39, 0.29) is 24.0 Å². The second-order valence-electron chi connectivity index (χ2n) is 9.96. The van der Waals surface area contributed by atoms with Crippen LogP contribution in [0.1, 0.15) is 44.2 Å². The van der Waals surface area contributed by atoms with E-state index >= 15 is 0 Å². The van der Waals surface area contributed by atoms with Crippen LogP contribution in [0.15, 0.2) is 66.9 Å².